The van der Waals surface area contributed by atoms with E-state index in [0.717, 1.165) is 75.9 Å². The number of piperidine rings is 2. The molecule has 2 bridgehead atoms. The number of rotatable bonds is 9. The maximum atomic E-state index is 14.1. The quantitative estimate of drug-likeness (QED) is 0.150. The van der Waals surface area contributed by atoms with E-state index in [1.165, 1.54) is 25.0 Å². The number of aromatic amines is 1. The molecule has 0 unspecified atom stereocenters. The second-order valence-electron chi connectivity index (χ2n) is 13.5. The van der Waals surface area contributed by atoms with E-state index in [4.69, 9.17) is 5.73 Å². The van der Waals surface area contributed by atoms with Crippen molar-refractivity contribution in [1.82, 2.24) is 14.6 Å². The third-order valence-corrected chi connectivity index (χ3v) is 11.2. The number of nitrogens with zero attached hydrogens (tertiary/aromatic N) is 2. The Labute approximate surface area is 269 Å². The molecule has 4 aromatic rings. The van der Waals surface area contributed by atoms with Crippen molar-refractivity contribution in [3.05, 3.63) is 93.0 Å². The Bertz CT molecular complexity index is 1900. The molecule has 3 aliphatic rings. The average molecular weight is 644 g/mol. The van der Waals surface area contributed by atoms with Gasteiger partial charge in [0.2, 0.25) is 15.9 Å². The van der Waals surface area contributed by atoms with Gasteiger partial charge in [0, 0.05) is 53.8 Å². The number of benzene rings is 3. The van der Waals surface area contributed by atoms with Gasteiger partial charge in [-0.25, -0.2) is 13.1 Å². The number of sulfonamides is 1. The standard InChI is InChI=1S/C35H41N5O5S/c1-21-15-22(2)17-24(16-21)33-32(30(36)19-37-46(44,45)28-12-10-27(11-13-28)40(42)43)29-18-25(7-14-31(29)38-33)35(3,4)34(41)39-20-23-5-8-26(39)9-6-23/h7,10-18,23,26,30,37-38H,5-6,8-9,19-20,36H2,1-4H3/t23?,26?,30-/m1/s1. The van der Waals surface area contributed by atoms with Crippen LogP contribution in [0.5, 0.6) is 0 Å². The Morgan fingerprint density at radius 2 is 1.70 bits per heavy atom. The minimum Gasteiger partial charge on any atom is -0.354 e. The van der Waals surface area contributed by atoms with Gasteiger partial charge in [-0.3, -0.25) is 14.9 Å². The van der Waals surface area contributed by atoms with E-state index in [2.05, 4.69) is 32.8 Å². The molecule has 3 fully saturated rings. The molecule has 0 radical (unpaired) electrons. The van der Waals surface area contributed by atoms with E-state index in [1.54, 1.807) is 0 Å². The largest absolute Gasteiger partial charge is 0.354 e. The van der Waals surface area contributed by atoms with Crippen molar-refractivity contribution in [3.8, 4) is 11.3 Å². The van der Waals surface area contributed by atoms with Crippen LogP contribution in [0.4, 0.5) is 5.69 Å². The molecule has 3 aromatic carbocycles. The van der Waals surface area contributed by atoms with E-state index in [9.17, 15) is 23.3 Å². The molecular weight excluding hydrogens is 602 g/mol. The van der Waals surface area contributed by atoms with Gasteiger partial charge >= 0.3 is 0 Å². The summed E-state index contributed by atoms with van der Waals surface area (Å²) in [4.78, 5) is 30.1. The molecule has 7 rings (SSSR count). The number of nitro groups is 1. The van der Waals surface area contributed by atoms with Gasteiger partial charge in [-0.1, -0.05) is 23.3 Å². The molecule has 1 saturated carbocycles. The monoisotopic (exact) mass is 643 g/mol. The number of amides is 1. The first kappa shape index (κ1) is 31.9. The molecule has 1 amide bonds. The smallest absolute Gasteiger partial charge is 0.269 e. The predicted octanol–water partition coefficient (Wildman–Crippen LogP) is 6.02. The van der Waals surface area contributed by atoms with Crippen molar-refractivity contribution in [1.29, 1.82) is 0 Å². The van der Waals surface area contributed by atoms with Crippen molar-refractivity contribution in [2.45, 2.75) is 75.8 Å². The van der Waals surface area contributed by atoms with Crippen LogP contribution < -0.4 is 10.5 Å². The highest BCUT2D eigenvalue weighted by Crippen LogP contribution is 2.40. The van der Waals surface area contributed by atoms with E-state index in [-0.39, 0.29) is 23.0 Å². The van der Waals surface area contributed by atoms with Gasteiger partial charge < -0.3 is 15.6 Å². The van der Waals surface area contributed by atoms with Crippen molar-refractivity contribution >= 4 is 32.5 Å². The number of non-ortho nitro benzene ring substituents is 1. The Morgan fingerprint density at radius 1 is 1.04 bits per heavy atom. The fourth-order valence-electron chi connectivity index (χ4n) is 7.26. The maximum Gasteiger partial charge on any atom is 0.269 e. The number of carbonyl (C=O) groups is 1. The van der Waals surface area contributed by atoms with Gasteiger partial charge in [0.1, 0.15) is 0 Å². The summed E-state index contributed by atoms with van der Waals surface area (Å²) in [6.07, 6.45) is 4.52. The Balaban J connectivity index is 1.37. The molecule has 1 atom stereocenters. The molecule has 1 aliphatic carbocycles. The second kappa shape index (κ2) is 11.9. The maximum absolute atomic E-state index is 14.1. The summed E-state index contributed by atoms with van der Waals surface area (Å²) in [5.74, 6) is 0.713. The molecule has 1 aromatic heterocycles. The number of aryl methyl sites for hydroxylation is 2. The molecular formula is C35H41N5O5S. The fourth-order valence-corrected chi connectivity index (χ4v) is 8.32. The molecule has 0 spiro atoms. The van der Waals surface area contributed by atoms with E-state index in [1.807, 2.05) is 45.9 Å². The van der Waals surface area contributed by atoms with Gasteiger partial charge in [-0.15, -0.1) is 0 Å². The van der Waals surface area contributed by atoms with Gasteiger partial charge in [0.25, 0.3) is 5.69 Å². The van der Waals surface area contributed by atoms with Gasteiger partial charge in [-0.05, 0) is 107 Å². The zero-order valence-electron chi connectivity index (χ0n) is 26.7. The van der Waals surface area contributed by atoms with Crippen molar-refractivity contribution in [2.75, 3.05) is 13.1 Å². The van der Waals surface area contributed by atoms with Crippen LogP contribution in [-0.2, 0) is 20.2 Å². The summed E-state index contributed by atoms with van der Waals surface area (Å²) in [7, 11) is -4.01. The molecule has 3 heterocycles. The minimum absolute atomic E-state index is 0.0901. The van der Waals surface area contributed by atoms with E-state index in [0.29, 0.717) is 12.0 Å². The molecule has 2 saturated heterocycles. The average Bonchev–Trinajstić information content (AvgIpc) is 3.42. The SMILES string of the molecule is Cc1cc(C)cc(-c2[nH]c3ccc(C(C)(C)C(=O)N4CC5CCC4CC5)cc3c2[C@H](N)CNS(=O)(=O)c2ccc([N+](=O)[O-])cc2)c1. The summed E-state index contributed by atoms with van der Waals surface area (Å²) in [5.41, 5.74) is 12.2. The summed E-state index contributed by atoms with van der Waals surface area (Å²) < 4.78 is 29.0. The summed E-state index contributed by atoms with van der Waals surface area (Å²) in [6.45, 7) is 8.71. The number of nitrogens with one attached hydrogen (secondary N) is 2. The van der Waals surface area contributed by atoms with Crippen molar-refractivity contribution < 1.29 is 18.1 Å². The molecule has 242 valence electrons. The van der Waals surface area contributed by atoms with Crippen LogP contribution in [0.25, 0.3) is 22.2 Å². The van der Waals surface area contributed by atoms with E-state index >= 15 is 0 Å². The zero-order chi connectivity index (χ0) is 33.0. The van der Waals surface area contributed by atoms with Crippen LogP contribution in [-0.4, -0.2) is 48.3 Å². The van der Waals surface area contributed by atoms with Gasteiger partial charge in [0.05, 0.1) is 20.9 Å². The first-order valence-electron chi connectivity index (χ1n) is 15.8. The Morgan fingerprint density at radius 3 is 2.28 bits per heavy atom. The third kappa shape index (κ3) is 5.94. The van der Waals surface area contributed by atoms with Crippen LogP contribution in [0, 0.1) is 29.9 Å². The lowest BCUT2D eigenvalue weighted by Gasteiger charge is -2.47. The predicted molar refractivity (Wildman–Crippen MR) is 179 cm³/mol. The number of nitro benzene ring substituents is 1. The molecule has 10 nitrogen and oxygen atoms in total. The van der Waals surface area contributed by atoms with Crippen molar-refractivity contribution in [2.24, 2.45) is 11.7 Å². The number of carbonyl (C=O) groups excluding carboxylic acids is 1. The van der Waals surface area contributed by atoms with Crippen LogP contribution in [0.2, 0.25) is 0 Å². The summed E-state index contributed by atoms with van der Waals surface area (Å²) in [6, 6.07) is 16.5. The highest BCUT2D eigenvalue weighted by molar-refractivity contribution is 7.89. The van der Waals surface area contributed by atoms with Gasteiger partial charge in [0.15, 0.2) is 0 Å². The third-order valence-electron chi connectivity index (χ3n) is 9.80. The van der Waals surface area contributed by atoms with Crippen LogP contribution >= 0.6 is 0 Å². The first-order chi connectivity index (χ1) is 21.7. The first-order valence-corrected chi connectivity index (χ1v) is 17.3. The molecule has 46 heavy (non-hydrogen) atoms. The molecule has 2 aliphatic heterocycles. The number of hydrogen-bond acceptors (Lipinski definition) is 6. The normalized spacial score (nSPS) is 19.0. The van der Waals surface area contributed by atoms with Crippen LogP contribution in [0.3, 0.4) is 0 Å². The number of nitrogens with two attached hydrogens (primary N) is 1. The molecule has 11 heteroatoms. The number of hydrogen-bond donors (Lipinski definition) is 3. The topological polar surface area (TPSA) is 151 Å². The lowest BCUT2D eigenvalue weighted by atomic mass is 9.76. The number of fused-ring (bicyclic) bond motifs is 4. The number of H-pyrrole nitrogens is 1. The number of aromatic nitrogens is 1. The summed E-state index contributed by atoms with van der Waals surface area (Å²) >= 11 is 0. The van der Waals surface area contributed by atoms with E-state index < -0.39 is 26.4 Å². The lowest BCUT2D eigenvalue weighted by Crippen LogP contribution is -2.55. The zero-order valence-corrected chi connectivity index (χ0v) is 27.5. The molecule has 4 N–H and O–H groups in total. The minimum atomic E-state index is -4.01. The fraction of sp³-hybridized carbons (Fsp3) is 0.400. The lowest BCUT2D eigenvalue weighted by molar-refractivity contribution is -0.384. The highest BCUT2D eigenvalue weighted by Gasteiger charge is 2.42. The summed E-state index contributed by atoms with van der Waals surface area (Å²) in [5, 5.41) is 11.9. The van der Waals surface area contributed by atoms with Crippen molar-refractivity contribution in [3.63, 3.8) is 0 Å². The Kier molecular flexibility index (Phi) is 8.28. The second-order valence-corrected chi connectivity index (χ2v) is 15.3. The van der Waals surface area contributed by atoms with Gasteiger partial charge in [-0.2, -0.15) is 0 Å². The highest BCUT2D eigenvalue weighted by atomic mass is 32.2. The van der Waals surface area contributed by atoms with Crippen LogP contribution in [0.15, 0.2) is 65.6 Å². The van der Waals surface area contributed by atoms with Crippen LogP contribution in [0.1, 0.15) is 67.8 Å². The Hall–Kier alpha value is -4.06.